The molecule has 2 N–H and O–H groups in total. The molecule has 4 rings (SSSR count). The van der Waals surface area contributed by atoms with E-state index in [0.717, 1.165) is 5.56 Å². The minimum atomic E-state index is -3.95. The number of sulfone groups is 1. The van der Waals surface area contributed by atoms with Gasteiger partial charge in [0.05, 0.1) is 11.4 Å². The molecule has 0 aliphatic heterocycles. The van der Waals surface area contributed by atoms with Crippen molar-refractivity contribution in [3.05, 3.63) is 70.6 Å². The Labute approximate surface area is 185 Å². The summed E-state index contributed by atoms with van der Waals surface area (Å²) in [7, 11) is -3.95. The fraction of sp³-hybridized carbons (Fsp3) is 0.261. The lowest BCUT2D eigenvalue weighted by Crippen LogP contribution is -2.42. The first-order valence-electron chi connectivity index (χ1n) is 10.4. The average molecular weight is 454 g/mol. The van der Waals surface area contributed by atoms with Crippen molar-refractivity contribution in [3.8, 4) is 0 Å². The smallest absolute Gasteiger partial charge is 0.278 e. The lowest BCUT2D eigenvalue weighted by molar-refractivity contribution is -0.661. The molecule has 0 spiro atoms. The number of hydrogen-bond acceptors (Lipinski definition) is 6. The predicted molar refractivity (Wildman–Crippen MR) is 121 cm³/mol. The third-order valence-electron chi connectivity index (χ3n) is 5.36. The van der Waals surface area contributed by atoms with Crippen molar-refractivity contribution in [2.75, 3.05) is 18.9 Å². The van der Waals surface area contributed by atoms with Crippen LogP contribution in [-0.4, -0.2) is 31.0 Å². The van der Waals surface area contributed by atoms with E-state index in [4.69, 9.17) is 15.5 Å². The number of nitrogen functional groups attached to an aromatic ring is 1. The molecular formula is C23H25N4O4S+. The molecule has 0 aliphatic carbocycles. The van der Waals surface area contributed by atoms with Crippen molar-refractivity contribution in [1.29, 1.82) is 0 Å². The van der Waals surface area contributed by atoms with Crippen LogP contribution in [0.5, 0.6) is 0 Å². The monoisotopic (exact) mass is 453 g/mol. The van der Waals surface area contributed by atoms with Crippen molar-refractivity contribution < 1.29 is 17.7 Å². The molecule has 0 amide bonds. The van der Waals surface area contributed by atoms with Crippen molar-refractivity contribution in [1.82, 2.24) is 9.38 Å². The Hall–Kier alpha value is -3.30. The van der Waals surface area contributed by atoms with Gasteiger partial charge in [0.15, 0.2) is 0 Å². The van der Waals surface area contributed by atoms with E-state index in [1.165, 1.54) is 22.6 Å². The molecule has 0 radical (unpaired) electrons. The maximum absolute atomic E-state index is 13.4. The molecule has 0 atom stereocenters. The van der Waals surface area contributed by atoms with Crippen molar-refractivity contribution in [2.24, 2.45) is 0 Å². The highest BCUT2D eigenvalue weighted by Gasteiger charge is 2.29. The zero-order chi connectivity index (χ0) is 22.9. The molecule has 9 heteroatoms. The minimum absolute atomic E-state index is 0.0442. The van der Waals surface area contributed by atoms with Crippen molar-refractivity contribution >= 4 is 32.3 Å². The Bertz CT molecular complexity index is 1460. The van der Waals surface area contributed by atoms with Gasteiger partial charge in [-0.15, -0.1) is 0 Å². The zero-order valence-electron chi connectivity index (χ0n) is 18.0. The molecule has 0 saturated heterocycles. The number of ether oxygens (including phenoxy) is 1. The molecule has 0 aliphatic rings. The van der Waals surface area contributed by atoms with E-state index < -0.39 is 9.84 Å². The first-order chi connectivity index (χ1) is 15.4. The van der Waals surface area contributed by atoms with Gasteiger partial charge in [0.1, 0.15) is 10.3 Å². The van der Waals surface area contributed by atoms with Crippen molar-refractivity contribution in [2.45, 2.75) is 36.6 Å². The van der Waals surface area contributed by atoms with Gasteiger partial charge in [-0.3, -0.25) is 9.20 Å². The van der Waals surface area contributed by atoms with Gasteiger partial charge in [0, 0.05) is 31.4 Å². The molecule has 166 valence electrons. The summed E-state index contributed by atoms with van der Waals surface area (Å²) in [5.41, 5.74) is 7.74. The summed E-state index contributed by atoms with van der Waals surface area (Å²) in [6, 6.07) is 13.0. The molecule has 8 nitrogen and oxygen atoms in total. The number of hydrogen-bond donors (Lipinski definition) is 1. The van der Waals surface area contributed by atoms with Crippen LogP contribution in [0.15, 0.2) is 69.3 Å². The second-order valence-electron chi connectivity index (χ2n) is 7.45. The van der Waals surface area contributed by atoms with E-state index in [1.807, 2.05) is 19.9 Å². The maximum atomic E-state index is 13.4. The van der Waals surface area contributed by atoms with E-state index in [2.05, 4.69) is 0 Å². The largest absolute Gasteiger partial charge is 0.382 e. The van der Waals surface area contributed by atoms with Crippen LogP contribution in [0.2, 0.25) is 0 Å². The molecular weight excluding hydrogens is 428 g/mol. The second-order valence-corrected chi connectivity index (χ2v) is 9.37. The summed E-state index contributed by atoms with van der Waals surface area (Å²) in [5.74, 6) is 0.0442. The number of aromatic nitrogens is 3. The number of pyridine rings is 2. The summed E-state index contributed by atoms with van der Waals surface area (Å²) in [6.07, 6.45) is 2.21. The van der Waals surface area contributed by atoms with Gasteiger partial charge in [-0.25, -0.2) is 13.0 Å². The van der Waals surface area contributed by atoms with Crippen LogP contribution in [-0.2, 0) is 21.1 Å². The topological polar surface area (TPSA) is 108 Å². The number of nitrogens with zero attached hydrogens (tertiary/aromatic N) is 3. The third-order valence-corrected chi connectivity index (χ3v) is 7.15. The highest BCUT2D eigenvalue weighted by atomic mass is 32.2. The molecule has 4 aromatic rings. The van der Waals surface area contributed by atoms with Gasteiger partial charge in [-0.1, -0.05) is 29.2 Å². The fourth-order valence-electron chi connectivity index (χ4n) is 3.72. The normalized spacial score (nSPS) is 11.9. The Morgan fingerprint density at radius 2 is 1.91 bits per heavy atom. The minimum Gasteiger partial charge on any atom is -0.382 e. The number of anilines is 1. The van der Waals surface area contributed by atoms with E-state index >= 15 is 0 Å². The Morgan fingerprint density at radius 3 is 2.62 bits per heavy atom. The Kier molecular flexibility index (Phi) is 5.94. The summed E-state index contributed by atoms with van der Waals surface area (Å²) >= 11 is 0. The molecule has 0 unspecified atom stereocenters. The number of rotatable bonds is 7. The molecule has 32 heavy (non-hydrogen) atoms. The van der Waals surface area contributed by atoms with Crippen LogP contribution in [0.1, 0.15) is 18.9 Å². The second kappa shape index (κ2) is 8.68. The first kappa shape index (κ1) is 21.9. The van der Waals surface area contributed by atoms with E-state index in [1.54, 1.807) is 35.0 Å². The summed E-state index contributed by atoms with van der Waals surface area (Å²) in [4.78, 5) is 18.0. The number of aryl methyl sites for hydroxylation is 2. The highest BCUT2D eigenvalue weighted by molar-refractivity contribution is 7.91. The number of nitrogens with two attached hydrogens (primary N) is 1. The summed E-state index contributed by atoms with van der Waals surface area (Å²) in [5, 5.41) is 0.188. The van der Waals surface area contributed by atoms with Crippen LogP contribution in [0, 0.1) is 6.92 Å². The lowest BCUT2D eigenvalue weighted by atomic mass is 10.2. The quantitative estimate of drug-likeness (QED) is 0.261. The highest BCUT2D eigenvalue weighted by Crippen LogP contribution is 2.26. The van der Waals surface area contributed by atoms with Gasteiger partial charge < -0.3 is 10.5 Å². The molecule has 3 heterocycles. The van der Waals surface area contributed by atoms with Gasteiger partial charge in [0.25, 0.3) is 11.2 Å². The summed E-state index contributed by atoms with van der Waals surface area (Å²) in [6.45, 7) is 5.18. The molecule has 0 bridgehead atoms. The SMILES string of the molecule is CCOCCC[n+]1c(N)c(S(=O)(=O)c2ccccc2)cc2c(=O)n3cccc(C)c3nc21. The van der Waals surface area contributed by atoms with Crippen molar-refractivity contribution in [3.63, 3.8) is 0 Å². The third kappa shape index (κ3) is 3.74. The molecule has 0 saturated carbocycles. The zero-order valence-corrected chi connectivity index (χ0v) is 18.8. The Balaban J connectivity index is 2.04. The van der Waals surface area contributed by atoms with Gasteiger partial charge in [0.2, 0.25) is 21.3 Å². The van der Waals surface area contributed by atoms with Crippen LogP contribution < -0.4 is 15.9 Å². The van der Waals surface area contributed by atoms with E-state index in [-0.39, 0.29) is 26.6 Å². The molecule has 0 fully saturated rings. The predicted octanol–water partition coefficient (Wildman–Crippen LogP) is 2.29. The lowest BCUT2D eigenvalue weighted by Gasteiger charge is -2.13. The number of fused-ring (bicyclic) bond motifs is 2. The van der Waals surface area contributed by atoms with E-state index in [0.29, 0.717) is 37.5 Å². The fourth-order valence-corrected chi connectivity index (χ4v) is 5.15. The maximum Gasteiger partial charge on any atom is 0.278 e. The first-order valence-corrected chi connectivity index (χ1v) is 11.9. The average Bonchev–Trinajstić information content (AvgIpc) is 2.79. The van der Waals surface area contributed by atoms with E-state index in [9.17, 15) is 13.2 Å². The van der Waals surface area contributed by atoms with Crippen LogP contribution >= 0.6 is 0 Å². The Morgan fingerprint density at radius 1 is 1.16 bits per heavy atom. The van der Waals surface area contributed by atoms with Gasteiger partial charge in [-0.2, -0.15) is 0 Å². The van der Waals surface area contributed by atoms with Gasteiger partial charge in [-0.05, 0) is 38.1 Å². The van der Waals surface area contributed by atoms with Gasteiger partial charge >= 0.3 is 0 Å². The molecule has 3 aromatic heterocycles. The van der Waals surface area contributed by atoms with Crippen LogP contribution in [0.25, 0.3) is 16.7 Å². The van der Waals surface area contributed by atoms with Crippen LogP contribution in [0.4, 0.5) is 5.82 Å². The number of benzene rings is 1. The standard InChI is InChI=1S/C23H24N4O4S/c1-3-31-14-8-13-26-20(24)19(32(29,30)17-10-5-4-6-11-17)15-18-22(26)25-21-16(2)9-7-12-27(21)23(18)28/h4-7,9-12,15,24H,3,8,13-14H2,1-2H3/p+1. The van der Waals surface area contributed by atoms with Crippen LogP contribution in [0.3, 0.4) is 0 Å². The molecule has 1 aromatic carbocycles. The summed E-state index contributed by atoms with van der Waals surface area (Å²) < 4.78 is 35.3.